The van der Waals surface area contributed by atoms with E-state index in [1.54, 1.807) is 36.8 Å². The molecule has 1 N–H and O–H groups in total. The fourth-order valence-electron chi connectivity index (χ4n) is 3.51. The van der Waals surface area contributed by atoms with Gasteiger partial charge >= 0.3 is 0 Å². The molecule has 1 amide bonds. The Kier molecular flexibility index (Phi) is 5.79. The van der Waals surface area contributed by atoms with Crippen molar-refractivity contribution in [2.24, 2.45) is 5.10 Å². The second kappa shape index (κ2) is 8.52. The van der Waals surface area contributed by atoms with Crippen LogP contribution in [0.2, 0.25) is 0 Å². The van der Waals surface area contributed by atoms with Gasteiger partial charge in [0.25, 0.3) is 5.91 Å². The number of thiophene rings is 1. The molecule has 2 heterocycles. The molecule has 0 bridgehead atoms. The number of hydrogen-bond acceptors (Lipinski definition) is 6. The molecule has 0 saturated heterocycles. The maximum absolute atomic E-state index is 13.2. The molecule has 0 aliphatic carbocycles. The van der Waals surface area contributed by atoms with Crippen molar-refractivity contribution in [2.45, 2.75) is 12.5 Å². The number of amides is 1. The Balaban J connectivity index is 1.77. The Morgan fingerprint density at radius 3 is 2.71 bits per heavy atom. The van der Waals surface area contributed by atoms with Gasteiger partial charge in [0, 0.05) is 17.4 Å². The van der Waals surface area contributed by atoms with Crippen LogP contribution in [-0.4, -0.2) is 38.4 Å². The first-order chi connectivity index (χ1) is 14.9. The van der Waals surface area contributed by atoms with E-state index in [4.69, 9.17) is 4.74 Å². The van der Waals surface area contributed by atoms with Crippen LogP contribution in [-0.2, 0) is 10.0 Å². The summed E-state index contributed by atoms with van der Waals surface area (Å²) >= 11 is 1.44. The fourth-order valence-corrected chi connectivity index (χ4v) is 4.72. The number of nitrogens with zero attached hydrogens (tertiary/aromatic N) is 2. The third kappa shape index (κ3) is 4.62. The van der Waals surface area contributed by atoms with E-state index in [0.717, 1.165) is 11.8 Å². The Hall–Kier alpha value is -3.17. The molecule has 0 spiro atoms. The van der Waals surface area contributed by atoms with Gasteiger partial charge in [-0.05, 0) is 35.2 Å². The standard InChI is InChI=1S/C22H21N3O4S2/c1-29-17-7-5-6-15(12-17)21-13-20(23-25(21)22(26)16-10-11-30-14-16)18-8-3-4-9-19(18)24-31(2,27)28/h3-12,14,21,24H,13H2,1-2H3/t21-/m0/s1. The maximum atomic E-state index is 13.2. The lowest BCUT2D eigenvalue weighted by Gasteiger charge is -2.22. The molecule has 4 rings (SSSR count). The van der Waals surface area contributed by atoms with Crippen molar-refractivity contribution in [1.82, 2.24) is 5.01 Å². The molecular formula is C22H21N3O4S2. The topological polar surface area (TPSA) is 88.1 Å². The van der Waals surface area contributed by atoms with Gasteiger partial charge in [-0.2, -0.15) is 16.4 Å². The molecule has 1 atom stereocenters. The highest BCUT2D eigenvalue weighted by Crippen LogP contribution is 2.36. The monoisotopic (exact) mass is 455 g/mol. The number of ether oxygens (including phenoxy) is 1. The number of carbonyl (C=O) groups excluding carboxylic acids is 1. The van der Waals surface area contributed by atoms with E-state index < -0.39 is 10.0 Å². The Morgan fingerprint density at radius 2 is 2.00 bits per heavy atom. The van der Waals surface area contributed by atoms with Crippen molar-refractivity contribution in [3.63, 3.8) is 0 Å². The average molecular weight is 456 g/mol. The van der Waals surface area contributed by atoms with Crippen LogP contribution in [0, 0.1) is 0 Å². The molecule has 1 aliphatic heterocycles. The second-order valence-electron chi connectivity index (χ2n) is 7.12. The van der Waals surface area contributed by atoms with E-state index in [2.05, 4.69) is 9.82 Å². The highest BCUT2D eigenvalue weighted by molar-refractivity contribution is 7.92. The minimum Gasteiger partial charge on any atom is -0.497 e. The van der Waals surface area contributed by atoms with E-state index in [-0.39, 0.29) is 11.9 Å². The summed E-state index contributed by atoms with van der Waals surface area (Å²) in [6.45, 7) is 0. The summed E-state index contributed by atoms with van der Waals surface area (Å²) in [7, 11) is -1.88. The summed E-state index contributed by atoms with van der Waals surface area (Å²) in [6.07, 6.45) is 1.54. The minimum absolute atomic E-state index is 0.211. The third-order valence-corrected chi connectivity index (χ3v) is 6.17. The number of carbonyl (C=O) groups is 1. The van der Waals surface area contributed by atoms with Gasteiger partial charge in [0.2, 0.25) is 10.0 Å². The van der Waals surface area contributed by atoms with Crippen LogP contribution in [0.15, 0.2) is 70.5 Å². The van der Waals surface area contributed by atoms with Gasteiger partial charge in [-0.3, -0.25) is 9.52 Å². The largest absolute Gasteiger partial charge is 0.497 e. The zero-order valence-electron chi connectivity index (χ0n) is 17.0. The lowest BCUT2D eigenvalue weighted by Crippen LogP contribution is -2.26. The first kappa shape index (κ1) is 21.1. The van der Waals surface area contributed by atoms with Crippen molar-refractivity contribution < 1.29 is 17.9 Å². The number of para-hydroxylation sites is 1. The average Bonchev–Trinajstić information content (AvgIpc) is 3.43. The van der Waals surface area contributed by atoms with E-state index >= 15 is 0 Å². The molecule has 31 heavy (non-hydrogen) atoms. The van der Waals surface area contributed by atoms with Crippen molar-refractivity contribution in [3.05, 3.63) is 82.0 Å². The SMILES string of the molecule is COc1cccc([C@@H]2CC(c3ccccc3NS(C)(=O)=O)=NN2C(=O)c2ccsc2)c1. The molecule has 0 radical (unpaired) electrons. The summed E-state index contributed by atoms with van der Waals surface area (Å²) in [6, 6.07) is 16.0. The van der Waals surface area contributed by atoms with Crippen molar-refractivity contribution in [3.8, 4) is 5.75 Å². The van der Waals surface area contributed by atoms with Crippen LogP contribution < -0.4 is 9.46 Å². The summed E-state index contributed by atoms with van der Waals surface area (Å²) in [5, 5.41) is 9.76. The van der Waals surface area contributed by atoms with Crippen LogP contribution in [0.4, 0.5) is 5.69 Å². The highest BCUT2D eigenvalue weighted by Gasteiger charge is 2.34. The second-order valence-corrected chi connectivity index (χ2v) is 9.65. The van der Waals surface area contributed by atoms with Crippen molar-refractivity contribution >= 4 is 38.7 Å². The van der Waals surface area contributed by atoms with Crippen LogP contribution in [0.25, 0.3) is 0 Å². The highest BCUT2D eigenvalue weighted by atomic mass is 32.2. The van der Waals surface area contributed by atoms with Gasteiger partial charge < -0.3 is 4.74 Å². The van der Waals surface area contributed by atoms with Crippen LogP contribution >= 0.6 is 11.3 Å². The van der Waals surface area contributed by atoms with Gasteiger partial charge in [0.1, 0.15) is 5.75 Å². The van der Waals surface area contributed by atoms with Crippen LogP contribution in [0.3, 0.4) is 0 Å². The number of benzene rings is 2. The quantitative estimate of drug-likeness (QED) is 0.606. The zero-order valence-corrected chi connectivity index (χ0v) is 18.6. The van der Waals surface area contributed by atoms with Gasteiger partial charge in [-0.25, -0.2) is 13.4 Å². The number of methoxy groups -OCH3 is 1. The Bertz CT molecular complexity index is 1240. The number of hydrazone groups is 1. The van der Waals surface area contributed by atoms with Crippen LogP contribution in [0.1, 0.15) is 33.9 Å². The molecule has 7 nitrogen and oxygen atoms in total. The van der Waals surface area contributed by atoms with Gasteiger partial charge in [0.15, 0.2) is 0 Å². The van der Waals surface area contributed by atoms with E-state index in [9.17, 15) is 13.2 Å². The molecule has 3 aromatic rings. The summed E-state index contributed by atoms with van der Waals surface area (Å²) in [4.78, 5) is 13.2. The number of sulfonamides is 1. The van der Waals surface area contributed by atoms with Crippen molar-refractivity contribution in [2.75, 3.05) is 18.1 Å². The van der Waals surface area contributed by atoms with E-state index in [0.29, 0.717) is 34.7 Å². The van der Waals surface area contributed by atoms with Gasteiger partial charge in [-0.15, -0.1) is 0 Å². The molecular weight excluding hydrogens is 434 g/mol. The molecule has 1 aliphatic rings. The molecule has 0 fully saturated rings. The molecule has 2 aromatic carbocycles. The zero-order chi connectivity index (χ0) is 22.0. The predicted octanol–water partition coefficient (Wildman–Crippen LogP) is 4.12. The van der Waals surface area contributed by atoms with E-state index in [1.165, 1.54) is 16.3 Å². The third-order valence-electron chi connectivity index (χ3n) is 4.90. The summed E-state index contributed by atoms with van der Waals surface area (Å²) < 4.78 is 31.5. The van der Waals surface area contributed by atoms with Gasteiger partial charge in [0.05, 0.1) is 36.4 Å². The summed E-state index contributed by atoms with van der Waals surface area (Å²) in [5.74, 6) is 0.477. The molecule has 1 aromatic heterocycles. The molecule has 0 unspecified atom stereocenters. The Morgan fingerprint density at radius 1 is 1.19 bits per heavy atom. The molecule has 160 valence electrons. The number of anilines is 1. The minimum atomic E-state index is -3.47. The summed E-state index contributed by atoms with van der Waals surface area (Å²) in [5.41, 5.74) is 3.14. The normalized spacial score (nSPS) is 16.1. The fraction of sp³-hybridized carbons (Fsp3) is 0.182. The lowest BCUT2D eigenvalue weighted by molar-refractivity contribution is 0.0711. The van der Waals surface area contributed by atoms with E-state index in [1.807, 2.05) is 35.7 Å². The predicted molar refractivity (Wildman–Crippen MR) is 122 cm³/mol. The molecule has 0 saturated carbocycles. The number of hydrogen-bond donors (Lipinski definition) is 1. The molecule has 9 heteroatoms. The first-order valence-electron chi connectivity index (χ1n) is 9.50. The first-order valence-corrected chi connectivity index (χ1v) is 12.3. The van der Waals surface area contributed by atoms with Crippen LogP contribution in [0.5, 0.6) is 5.75 Å². The lowest BCUT2D eigenvalue weighted by atomic mass is 9.97. The maximum Gasteiger partial charge on any atom is 0.275 e. The number of nitrogens with one attached hydrogen (secondary N) is 1. The van der Waals surface area contributed by atoms with Crippen molar-refractivity contribution in [1.29, 1.82) is 0 Å². The number of rotatable bonds is 6. The van der Waals surface area contributed by atoms with Gasteiger partial charge in [-0.1, -0.05) is 30.3 Å². The Labute approximate surface area is 185 Å². The smallest absolute Gasteiger partial charge is 0.275 e.